The summed E-state index contributed by atoms with van der Waals surface area (Å²) in [5.41, 5.74) is 3.26. The van der Waals surface area contributed by atoms with Crippen molar-refractivity contribution in [2.24, 2.45) is 0 Å². The van der Waals surface area contributed by atoms with Crippen LogP contribution in [-0.4, -0.2) is 4.98 Å². The van der Waals surface area contributed by atoms with Crippen molar-refractivity contribution < 1.29 is 4.42 Å². The monoisotopic (exact) mass is 298 g/mol. The number of hydrogen-bond acceptors (Lipinski definition) is 4. The minimum absolute atomic E-state index is 0.187. The van der Waals surface area contributed by atoms with Gasteiger partial charge in [0.1, 0.15) is 5.76 Å². The Hall–Kier alpha value is -2.07. The third kappa shape index (κ3) is 3.16. The molecule has 3 nitrogen and oxygen atoms in total. The van der Waals surface area contributed by atoms with E-state index in [2.05, 4.69) is 46.9 Å². The molecule has 0 fully saturated rings. The molecular formula is C17H18N2OS. The molecule has 0 spiro atoms. The fourth-order valence-corrected chi connectivity index (χ4v) is 2.95. The van der Waals surface area contributed by atoms with E-state index in [-0.39, 0.29) is 6.04 Å². The highest BCUT2D eigenvalue weighted by Gasteiger charge is 2.12. The van der Waals surface area contributed by atoms with E-state index in [0.29, 0.717) is 0 Å². The summed E-state index contributed by atoms with van der Waals surface area (Å²) in [5, 5.41) is 6.71. The maximum atomic E-state index is 5.50. The van der Waals surface area contributed by atoms with E-state index in [9.17, 15) is 0 Å². The lowest BCUT2D eigenvalue weighted by Gasteiger charge is -2.16. The number of rotatable bonds is 5. The summed E-state index contributed by atoms with van der Waals surface area (Å²) in [6, 6.07) is 12.5. The van der Waals surface area contributed by atoms with Crippen molar-refractivity contribution in [3.05, 3.63) is 58.8 Å². The quantitative estimate of drug-likeness (QED) is 0.697. The minimum Gasteiger partial charge on any atom is -0.467 e. The zero-order valence-corrected chi connectivity index (χ0v) is 13.0. The van der Waals surface area contributed by atoms with Crippen LogP contribution in [-0.2, 0) is 0 Å². The molecule has 21 heavy (non-hydrogen) atoms. The summed E-state index contributed by atoms with van der Waals surface area (Å²) < 4.78 is 5.50. The van der Waals surface area contributed by atoms with Crippen molar-refractivity contribution in [2.75, 3.05) is 5.32 Å². The number of thiazole rings is 1. The molecule has 0 aliphatic heterocycles. The molecule has 1 unspecified atom stereocenters. The minimum atomic E-state index is 0.187. The fourth-order valence-electron chi connectivity index (χ4n) is 2.33. The second-order valence-corrected chi connectivity index (χ2v) is 6.02. The lowest BCUT2D eigenvalue weighted by Crippen LogP contribution is -2.08. The van der Waals surface area contributed by atoms with Gasteiger partial charge in [-0.1, -0.05) is 19.1 Å². The first-order valence-corrected chi connectivity index (χ1v) is 7.96. The Morgan fingerprint density at radius 1 is 1.29 bits per heavy atom. The van der Waals surface area contributed by atoms with Gasteiger partial charge >= 0.3 is 0 Å². The van der Waals surface area contributed by atoms with Gasteiger partial charge in [0.2, 0.25) is 0 Å². The van der Waals surface area contributed by atoms with Crippen LogP contribution in [0.1, 0.15) is 30.2 Å². The van der Waals surface area contributed by atoms with Gasteiger partial charge in [0.05, 0.1) is 23.0 Å². The molecule has 1 N–H and O–H groups in total. The summed E-state index contributed by atoms with van der Waals surface area (Å²) in [5.74, 6) is 0.965. The van der Waals surface area contributed by atoms with Crippen LogP contribution in [0.3, 0.4) is 0 Å². The number of nitrogens with zero attached hydrogens (tertiary/aromatic N) is 1. The topological polar surface area (TPSA) is 38.1 Å². The summed E-state index contributed by atoms with van der Waals surface area (Å²) >= 11 is 1.68. The van der Waals surface area contributed by atoms with Crippen LogP contribution in [0.2, 0.25) is 0 Å². The highest BCUT2D eigenvalue weighted by molar-refractivity contribution is 7.09. The van der Waals surface area contributed by atoms with Gasteiger partial charge in [-0.2, -0.15) is 0 Å². The molecule has 0 amide bonds. The summed E-state index contributed by atoms with van der Waals surface area (Å²) in [4.78, 5) is 4.54. The van der Waals surface area contributed by atoms with E-state index in [1.54, 1.807) is 17.6 Å². The molecule has 4 heteroatoms. The summed E-state index contributed by atoms with van der Waals surface area (Å²) in [6.07, 6.45) is 2.68. The van der Waals surface area contributed by atoms with Crippen LogP contribution in [0.15, 0.2) is 52.5 Å². The highest BCUT2D eigenvalue weighted by Crippen LogP contribution is 2.27. The average molecular weight is 298 g/mol. The van der Waals surface area contributed by atoms with Crippen molar-refractivity contribution in [1.82, 2.24) is 4.98 Å². The average Bonchev–Trinajstić information content (AvgIpc) is 3.16. The van der Waals surface area contributed by atoms with Crippen LogP contribution in [0, 0.1) is 6.92 Å². The maximum Gasteiger partial charge on any atom is 0.125 e. The standard InChI is InChI=1S/C17H18N2OS/c1-3-15(17-8-5-9-20-17)19-14-7-4-6-13(10-14)16-11-21-12(2)18-16/h4-11,15,19H,3H2,1-2H3. The Morgan fingerprint density at radius 3 is 2.86 bits per heavy atom. The van der Waals surface area contributed by atoms with E-state index in [4.69, 9.17) is 4.42 Å². The van der Waals surface area contributed by atoms with Gasteiger partial charge in [-0.15, -0.1) is 11.3 Å². The van der Waals surface area contributed by atoms with Gasteiger partial charge in [0.25, 0.3) is 0 Å². The summed E-state index contributed by atoms with van der Waals surface area (Å²) in [6.45, 7) is 4.17. The second kappa shape index (κ2) is 6.14. The molecule has 0 saturated heterocycles. The van der Waals surface area contributed by atoms with Crippen LogP contribution >= 0.6 is 11.3 Å². The van der Waals surface area contributed by atoms with Crippen molar-refractivity contribution >= 4 is 17.0 Å². The van der Waals surface area contributed by atoms with Gasteiger partial charge in [0.15, 0.2) is 0 Å². The third-order valence-corrected chi connectivity index (χ3v) is 4.19. The lowest BCUT2D eigenvalue weighted by atomic mass is 10.1. The molecule has 1 atom stereocenters. The van der Waals surface area contributed by atoms with E-state index in [1.807, 2.05) is 19.1 Å². The molecule has 3 aromatic rings. The predicted molar refractivity (Wildman–Crippen MR) is 87.6 cm³/mol. The van der Waals surface area contributed by atoms with E-state index < -0.39 is 0 Å². The van der Waals surface area contributed by atoms with Gasteiger partial charge in [-0.25, -0.2) is 4.98 Å². The summed E-state index contributed by atoms with van der Waals surface area (Å²) in [7, 11) is 0. The molecule has 108 valence electrons. The number of hydrogen-bond donors (Lipinski definition) is 1. The van der Waals surface area contributed by atoms with Crippen LogP contribution in [0.5, 0.6) is 0 Å². The van der Waals surface area contributed by atoms with Gasteiger partial charge < -0.3 is 9.73 Å². The lowest BCUT2D eigenvalue weighted by molar-refractivity contribution is 0.474. The Morgan fingerprint density at radius 2 is 2.19 bits per heavy atom. The highest BCUT2D eigenvalue weighted by atomic mass is 32.1. The Kier molecular flexibility index (Phi) is 4.06. The number of nitrogens with one attached hydrogen (secondary N) is 1. The number of aryl methyl sites for hydroxylation is 1. The molecule has 0 aliphatic rings. The van der Waals surface area contributed by atoms with Crippen molar-refractivity contribution in [3.63, 3.8) is 0 Å². The van der Waals surface area contributed by atoms with Gasteiger partial charge in [-0.05, 0) is 37.6 Å². The SMILES string of the molecule is CCC(Nc1cccc(-c2csc(C)n2)c1)c1ccco1. The van der Waals surface area contributed by atoms with E-state index in [1.165, 1.54) is 0 Å². The van der Waals surface area contributed by atoms with Crippen molar-refractivity contribution in [3.8, 4) is 11.3 Å². The van der Waals surface area contributed by atoms with Crippen LogP contribution in [0.4, 0.5) is 5.69 Å². The Labute approximate surface area is 128 Å². The smallest absolute Gasteiger partial charge is 0.125 e. The zero-order chi connectivity index (χ0) is 14.7. The third-order valence-electron chi connectivity index (χ3n) is 3.41. The molecular weight excluding hydrogens is 280 g/mol. The van der Waals surface area contributed by atoms with Crippen LogP contribution < -0.4 is 5.32 Å². The molecule has 0 radical (unpaired) electrons. The molecule has 1 aromatic carbocycles. The normalized spacial score (nSPS) is 12.3. The Balaban J connectivity index is 1.83. The first-order valence-electron chi connectivity index (χ1n) is 7.08. The number of aromatic nitrogens is 1. The molecule has 0 aliphatic carbocycles. The van der Waals surface area contributed by atoms with Gasteiger partial charge in [-0.3, -0.25) is 0 Å². The first kappa shape index (κ1) is 13.9. The molecule has 3 rings (SSSR count). The fraction of sp³-hybridized carbons (Fsp3) is 0.235. The van der Waals surface area contributed by atoms with Crippen LogP contribution in [0.25, 0.3) is 11.3 Å². The number of anilines is 1. The molecule has 0 bridgehead atoms. The van der Waals surface area contributed by atoms with Crippen molar-refractivity contribution in [2.45, 2.75) is 26.3 Å². The predicted octanol–water partition coefficient (Wildman–Crippen LogP) is 5.27. The maximum absolute atomic E-state index is 5.50. The van der Waals surface area contributed by atoms with Gasteiger partial charge in [0, 0.05) is 16.6 Å². The second-order valence-electron chi connectivity index (χ2n) is 4.95. The van der Waals surface area contributed by atoms with E-state index in [0.717, 1.165) is 34.1 Å². The number of benzene rings is 1. The molecule has 0 saturated carbocycles. The van der Waals surface area contributed by atoms with E-state index >= 15 is 0 Å². The number of furan rings is 1. The van der Waals surface area contributed by atoms with Crippen molar-refractivity contribution in [1.29, 1.82) is 0 Å². The zero-order valence-electron chi connectivity index (χ0n) is 12.2. The Bertz CT molecular complexity index is 703. The largest absolute Gasteiger partial charge is 0.467 e. The molecule has 2 aromatic heterocycles. The molecule has 2 heterocycles. The first-order chi connectivity index (χ1) is 10.3.